The van der Waals surface area contributed by atoms with Gasteiger partial charge in [-0.3, -0.25) is 4.99 Å². The van der Waals surface area contributed by atoms with Crippen LogP contribution >= 0.6 is 0 Å². The first kappa shape index (κ1) is 21.3. The summed E-state index contributed by atoms with van der Waals surface area (Å²) in [5.74, 6) is 2.15. The molecule has 1 rings (SSSR count). The Balaban J connectivity index is 2.31. The normalized spacial score (nSPS) is 13.6. The van der Waals surface area contributed by atoms with E-state index >= 15 is 0 Å². The van der Waals surface area contributed by atoms with Crippen molar-refractivity contribution >= 4 is 15.8 Å². The van der Waals surface area contributed by atoms with E-state index in [1.165, 1.54) is 11.8 Å². The van der Waals surface area contributed by atoms with Crippen molar-refractivity contribution in [1.82, 2.24) is 10.6 Å². The zero-order valence-corrected chi connectivity index (χ0v) is 16.7. The number of hydrogen-bond donors (Lipinski definition) is 2. The molecule has 1 aromatic rings. The number of hydrogen-bond acceptors (Lipinski definition) is 4. The summed E-state index contributed by atoms with van der Waals surface area (Å²) in [6, 6.07) is 8.14. The van der Waals surface area contributed by atoms with E-state index in [0.717, 1.165) is 5.75 Å². The van der Waals surface area contributed by atoms with E-state index in [2.05, 4.69) is 41.6 Å². The number of rotatable bonds is 9. The summed E-state index contributed by atoms with van der Waals surface area (Å²) in [5.41, 5.74) is 1.29. The number of nitrogens with one attached hydrogen (secondary N) is 2. The predicted octanol–water partition coefficient (Wildman–Crippen LogP) is 2.18. The Morgan fingerprint density at radius 1 is 1.20 bits per heavy atom. The van der Waals surface area contributed by atoms with Gasteiger partial charge in [-0.05, 0) is 37.0 Å². The van der Waals surface area contributed by atoms with Crippen LogP contribution in [0.25, 0.3) is 0 Å². The summed E-state index contributed by atoms with van der Waals surface area (Å²) in [6.07, 6.45) is 1.79. The second kappa shape index (κ2) is 10.3. The topological polar surface area (TPSA) is 79.8 Å². The fourth-order valence-electron chi connectivity index (χ4n) is 2.18. The minimum atomic E-state index is -2.94. The zero-order chi connectivity index (χ0) is 18.9. The third kappa shape index (κ3) is 9.34. The molecule has 0 amide bonds. The zero-order valence-electron chi connectivity index (χ0n) is 15.9. The first-order chi connectivity index (χ1) is 11.7. The first-order valence-corrected chi connectivity index (χ1v) is 10.6. The van der Waals surface area contributed by atoms with Crippen molar-refractivity contribution < 1.29 is 13.2 Å². The smallest absolute Gasteiger partial charge is 0.191 e. The van der Waals surface area contributed by atoms with Gasteiger partial charge in [0.2, 0.25) is 0 Å². The molecule has 0 aliphatic carbocycles. The highest BCUT2D eigenvalue weighted by molar-refractivity contribution is 7.90. The van der Waals surface area contributed by atoms with Gasteiger partial charge in [0.05, 0.1) is 12.3 Å². The van der Waals surface area contributed by atoms with Crippen molar-refractivity contribution in [2.24, 2.45) is 4.99 Å². The van der Waals surface area contributed by atoms with Crippen LogP contribution < -0.4 is 15.4 Å². The summed E-state index contributed by atoms with van der Waals surface area (Å²) in [4.78, 5) is 4.14. The minimum Gasteiger partial charge on any atom is -0.492 e. The van der Waals surface area contributed by atoms with Crippen LogP contribution in [0.4, 0.5) is 0 Å². The Hall–Kier alpha value is -1.76. The van der Waals surface area contributed by atoms with Crippen molar-refractivity contribution in [3.05, 3.63) is 29.8 Å². The Bertz CT molecular complexity index is 640. The van der Waals surface area contributed by atoms with Crippen LogP contribution in [0.1, 0.15) is 38.7 Å². The summed E-state index contributed by atoms with van der Waals surface area (Å²) >= 11 is 0. The van der Waals surface area contributed by atoms with Crippen LogP contribution in [0.3, 0.4) is 0 Å². The van der Waals surface area contributed by atoms with E-state index in [0.29, 0.717) is 31.4 Å². The number of ether oxygens (including phenoxy) is 1. The molecule has 0 aliphatic heterocycles. The molecule has 0 radical (unpaired) electrons. The first-order valence-electron chi connectivity index (χ1n) is 8.59. The number of aliphatic imine (C=N–C) groups is 1. The van der Waals surface area contributed by atoms with Crippen molar-refractivity contribution in [1.29, 1.82) is 0 Å². The number of sulfone groups is 1. The molecule has 1 atom stereocenters. The highest BCUT2D eigenvalue weighted by Gasteiger charge is 2.09. The molecule has 25 heavy (non-hydrogen) atoms. The van der Waals surface area contributed by atoms with Crippen LogP contribution in [0.5, 0.6) is 5.75 Å². The number of benzene rings is 1. The van der Waals surface area contributed by atoms with Crippen molar-refractivity contribution in [2.75, 3.05) is 32.2 Å². The Morgan fingerprint density at radius 2 is 1.84 bits per heavy atom. The molecule has 0 aliphatic rings. The fraction of sp³-hybridized carbons (Fsp3) is 0.611. The largest absolute Gasteiger partial charge is 0.492 e. The average molecular weight is 370 g/mol. The lowest BCUT2D eigenvalue weighted by Gasteiger charge is -2.17. The van der Waals surface area contributed by atoms with E-state index in [4.69, 9.17) is 4.74 Å². The molecule has 6 nitrogen and oxygen atoms in total. The molecule has 1 aromatic carbocycles. The van der Waals surface area contributed by atoms with Crippen LogP contribution in [-0.2, 0) is 9.84 Å². The monoisotopic (exact) mass is 369 g/mol. The van der Waals surface area contributed by atoms with Gasteiger partial charge in [0, 0.05) is 19.3 Å². The lowest BCUT2D eigenvalue weighted by atomic mass is 10.0. The average Bonchev–Trinajstić information content (AvgIpc) is 2.55. The van der Waals surface area contributed by atoms with Crippen molar-refractivity contribution in [3.63, 3.8) is 0 Å². The van der Waals surface area contributed by atoms with Gasteiger partial charge in [0.25, 0.3) is 0 Å². The van der Waals surface area contributed by atoms with E-state index < -0.39 is 9.84 Å². The predicted molar refractivity (Wildman–Crippen MR) is 104 cm³/mol. The molecule has 7 heteroatoms. The maximum atomic E-state index is 11.2. The Morgan fingerprint density at radius 3 is 2.36 bits per heavy atom. The van der Waals surface area contributed by atoms with Gasteiger partial charge in [-0.25, -0.2) is 8.42 Å². The quantitative estimate of drug-likeness (QED) is 0.396. The van der Waals surface area contributed by atoms with Gasteiger partial charge in [0.1, 0.15) is 22.2 Å². The molecule has 0 bridgehead atoms. The maximum absolute atomic E-state index is 11.2. The third-order valence-electron chi connectivity index (χ3n) is 3.74. The standard InChI is InChI=1S/C18H31N3O3S/c1-14(2)16-6-8-17(9-7-16)24-12-11-20-18(19-4)21-15(3)10-13-25(5,22)23/h6-9,14-15H,10-13H2,1-5H3,(H2,19,20,21). The fourth-order valence-corrected chi connectivity index (χ4v) is 2.96. The van der Waals surface area contributed by atoms with Crippen LogP contribution in [0.2, 0.25) is 0 Å². The molecule has 1 unspecified atom stereocenters. The summed E-state index contributed by atoms with van der Waals surface area (Å²) in [6.45, 7) is 7.37. The van der Waals surface area contributed by atoms with Gasteiger partial charge in [-0.2, -0.15) is 0 Å². The third-order valence-corrected chi connectivity index (χ3v) is 4.72. The number of nitrogens with zero attached hydrogens (tertiary/aromatic N) is 1. The molecular weight excluding hydrogens is 338 g/mol. The number of guanidine groups is 1. The lowest BCUT2D eigenvalue weighted by molar-refractivity contribution is 0.321. The van der Waals surface area contributed by atoms with Crippen LogP contribution in [0.15, 0.2) is 29.3 Å². The van der Waals surface area contributed by atoms with E-state index in [1.807, 2.05) is 19.1 Å². The van der Waals surface area contributed by atoms with Crippen molar-refractivity contribution in [2.45, 2.75) is 39.2 Å². The van der Waals surface area contributed by atoms with Gasteiger partial charge < -0.3 is 15.4 Å². The second-order valence-corrected chi connectivity index (χ2v) is 8.79. The molecule has 2 N–H and O–H groups in total. The molecule has 142 valence electrons. The van der Waals surface area contributed by atoms with Gasteiger partial charge in [-0.15, -0.1) is 0 Å². The lowest BCUT2D eigenvalue weighted by Crippen LogP contribution is -2.44. The molecule has 0 heterocycles. The minimum absolute atomic E-state index is 0.0189. The van der Waals surface area contributed by atoms with Crippen LogP contribution in [0, 0.1) is 0 Å². The Kier molecular flexibility index (Phi) is 8.75. The van der Waals surface area contributed by atoms with E-state index in [1.54, 1.807) is 7.05 Å². The highest BCUT2D eigenvalue weighted by Crippen LogP contribution is 2.18. The highest BCUT2D eigenvalue weighted by atomic mass is 32.2. The molecule has 0 saturated carbocycles. The summed E-state index contributed by atoms with van der Waals surface area (Å²) < 4.78 is 28.1. The van der Waals surface area contributed by atoms with Crippen LogP contribution in [-0.4, -0.2) is 52.6 Å². The van der Waals surface area contributed by atoms with Gasteiger partial charge >= 0.3 is 0 Å². The van der Waals surface area contributed by atoms with E-state index in [-0.39, 0.29) is 11.8 Å². The summed E-state index contributed by atoms with van der Waals surface area (Å²) in [5, 5.41) is 6.34. The second-order valence-electron chi connectivity index (χ2n) is 6.54. The van der Waals surface area contributed by atoms with Gasteiger partial charge in [0.15, 0.2) is 5.96 Å². The molecule has 0 aromatic heterocycles. The maximum Gasteiger partial charge on any atom is 0.191 e. The van der Waals surface area contributed by atoms with Crippen molar-refractivity contribution in [3.8, 4) is 5.75 Å². The molecule has 0 saturated heterocycles. The summed E-state index contributed by atoms with van der Waals surface area (Å²) in [7, 11) is -1.26. The molecular formula is C18H31N3O3S. The van der Waals surface area contributed by atoms with Gasteiger partial charge in [-0.1, -0.05) is 26.0 Å². The molecule has 0 fully saturated rings. The van der Waals surface area contributed by atoms with E-state index in [9.17, 15) is 8.42 Å². The Labute approximate surface area is 152 Å². The SMILES string of the molecule is CN=C(NCCOc1ccc(C(C)C)cc1)NC(C)CCS(C)(=O)=O. The molecule has 0 spiro atoms.